The largest absolute Gasteiger partial charge is 0.347 e. The van der Waals surface area contributed by atoms with Gasteiger partial charge in [-0.15, -0.1) is 11.3 Å². The Morgan fingerprint density at radius 2 is 2.00 bits per heavy atom. The highest BCUT2D eigenvalue weighted by Crippen LogP contribution is 2.21. The lowest BCUT2D eigenvalue weighted by Crippen LogP contribution is -2.23. The fraction of sp³-hybridized carbons (Fsp3) is 0.235. The van der Waals surface area contributed by atoms with Gasteiger partial charge in [0.05, 0.1) is 28.3 Å². The number of nitrogens with one attached hydrogen (secondary N) is 1. The lowest BCUT2D eigenvalue weighted by atomic mass is 10.1. The van der Waals surface area contributed by atoms with E-state index in [4.69, 9.17) is 0 Å². The second-order valence-electron chi connectivity index (χ2n) is 5.40. The maximum Gasteiger partial charge on any atom is 0.252 e. The molecule has 0 spiro atoms. The standard InChI is InChI=1S/C17H16FN3OS/c1-9-6-14(13-5-4-12(18)7-15(13)20-9)17(22)19-8-16-10(2)21-11(3)23-16/h4-7H,8H2,1-3H3,(H,19,22). The number of fused-ring (bicyclic) bond motifs is 1. The Morgan fingerprint density at radius 3 is 2.70 bits per heavy atom. The molecular weight excluding hydrogens is 313 g/mol. The zero-order valence-corrected chi connectivity index (χ0v) is 13.9. The fourth-order valence-electron chi connectivity index (χ4n) is 2.52. The molecular formula is C17H16FN3OS. The molecule has 0 saturated heterocycles. The smallest absolute Gasteiger partial charge is 0.252 e. The SMILES string of the molecule is Cc1cc(C(=O)NCc2sc(C)nc2C)c2ccc(F)cc2n1. The number of benzene rings is 1. The molecule has 1 amide bonds. The zero-order valence-electron chi connectivity index (χ0n) is 13.1. The van der Waals surface area contributed by atoms with Gasteiger partial charge in [0.2, 0.25) is 0 Å². The van der Waals surface area contributed by atoms with E-state index < -0.39 is 0 Å². The second kappa shape index (κ2) is 6.04. The number of aromatic nitrogens is 2. The van der Waals surface area contributed by atoms with Gasteiger partial charge in [-0.05, 0) is 39.0 Å². The van der Waals surface area contributed by atoms with Gasteiger partial charge in [0, 0.05) is 22.0 Å². The van der Waals surface area contributed by atoms with E-state index in [1.54, 1.807) is 30.4 Å². The van der Waals surface area contributed by atoms with Crippen LogP contribution in [0.1, 0.15) is 31.6 Å². The highest BCUT2D eigenvalue weighted by atomic mass is 32.1. The molecule has 3 rings (SSSR count). The molecule has 1 N–H and O–H groups in total. The van der Waals surface area contributed by atoms with Crippen LogP contribution in [0, 0.1) is 26.6 Å². The van der Waals surface area contributed by atoms with Crippen molar-refractivity contribution >= 4 is 28.1 Å². The van der Waals surface area contributed by atoms with Gasteiger partial charge in [0.25, 0.3) is 5.91 Å². The molecule has 23 heavy (non-hydrogen) atoms. The first-order chi connectivity index (χ1) is 10.9. The topological polar surface area (TPSA) is 54.9 Å². The highest BCUT2D eigenvalue weighted by Gasteiger charge is 2.13. The molecule has 0 saturated carbocycles. The average Bonchev–Trinajstić information content (AvgIpc) is 2.81. The third-order valence-corrected chi connectivity index (χ3v) is 4.63. The van der Waals surface area contributed by atoms with Gasteiger partial charge in [-0.3, -0.25) is 9.78 Å². The second-order valence-corrected chi connectivity index (χ2v) is 6.68. The van der Waals surface area contributed by atoms with Gasteiger partial charge in [-0.25, -0.2) is 9.37 Å². The van der Waals surface area contributed by atoms with Crippen molar-refractivity contribution in [1.82, 2.24) is 15.3 Å². The zero-order chi connectivity index (χ0) is 16.6. The Morgan fingerprint density at radius 1 is 1.22 bits per heavy atom. The first-order valence-electron chi connectivity index (χ1n) is 7.22. The average molecular weight is 329 g/mol. The van der Waals surface area contributed by atoms with Crippen LogP contribution in [0.3, 0.4) is 0 Å². The Bertz CT molecular complexity index is 899. The number of amides is 1. The summed E-state index contributed by atoms with van der Waals surface area (Å²) in [5, 5.41) is 4.54. The summed E-state index contributed by atoms with van der Waals surface area (Å²) in [5.41, 5.74) is 2.61. The summed E-state index contributed by atoms with van der Waals surface area (Å²) in [5.74, 6) is -0.560. The third-order valence-electron chi connectivity index (χ3n) is 3.55. The van der Waals surface area contributed by atoms with Gasteiger partial charge in [-0.1, -0.05) is 0 Å². The molecule has 4 nitrogen and oxygen atoms in total. The number of aryl methyl sites for hydroxylation is 3. The lowest BCUT2D eigenvalue weighted by molar-refractivity contribution is 0.0952. The van der Waals surface area contributed by atoms with Crippen LogP contribution < -0.4 is 5.32 Å². The lowest BCUT2D eigenvalue weighted by Gasteiger charge is -2.09. The Hall–Kier alpha value is -2.34. The third kappa shape index (κ3) is 3.22. The van der Waals surface area contributed by atoms with Crippen molar-refractivity contribution in [3.8, 4) is 0 Å². The normalized spacial score (nSPS) is 11.0. The summed E-state index contributed by atoms with van der Waals surface area (Å²) < 4.78 is 13.4. The molecule has 118 valence electrons. The maximum atomic E-state index is 13.4. The molecule has 2 heterocycles. The van der Waals surface area contributed by atoms with E-state index in [9.17, 15) is 9.18 Å². The van der Waals surface area contributed by atoms with Crippen LogP contribution in [0.25, 0.3) is 10.9 Å². The molecule has 6 heteroatoms. The molecule has 0 fully saturated rings. The molecule has 1 aromatic carbocycles. The summed E-state index contributed by atoms with van der Waals surface area (Å²) in [6, 6.07) is 6.00. The van der Waals surface area contributed by atoms with Gasteiger partial charge in [-0.2, -0.15) is 0 Å². The predicted octanol–water partition coefficient (Wildman–Crippen LogP) is 3.69. The van der Waals surface area contributed by atoms with Crippen molar-refractivity contribution in [2.75, 3.05) is 0 Å². The number of pyridine rings is 1. The molecule has 0 radical (unpaired) electrons. The minimum Gasteiger partial charge on any atom is -0.347 e. The van der Waals surface area contributed by atoms with Gasteiger partial charge >= 0.3 is 0 Å². The van der Waals surface area contributed by atoms with Crippen molar-refractivity contribution in [1.29, 1.82) is 0 Å². The molecule has 0 unspecified atom stereocenters. The quantitative estimate of drug-likeness (QED) is 0.797. The number of nitrogens with zero attached hydrogens (tertiary/aromatic N) is 2. The van der Waals surface area contributed by atoms with Crippen LogP contribution in [0.2, 0.25) is 0 Å². The van der Waals surface area contributed by atoms with E-state index in [0.29, 0.717) is 28.7 Å². The molecule has 0 bridgehead atoms. The first-order valence-corrected chi connectivity index (χ1v) is 8.03. The summed E-state index contributed by atoms with van der Waals surface area (Å²) in [6.45, 7) is 6.09. The van der Waals surface area contributed by atoms with Crippen molar-refractivity contribution < 1.29 is 9.18 Å². The molecule has 2 aromatic heterocycles. The van der Waals surface area contributed by atoms with E-state index in [0.717, 1.165) is 15.6 Å². The Labute approximate surface area is 137 Å². The van der Waals surface area contributed by atoms with Crippen LogP contribution in [0.15, 0.2) is 24.3 Å². The first kappa shape index (κ1) is 15.6. The summed E-state index contributed by atoms with van der Waals surface area (Å²) in [7, 11) is 0. The van der Waals surface area contributed by atoms with Crippen molar-refractivity contribution in [3.05, 3.63) is 56.9 Å². The van der Waals surface area contributed by atoms with E-state index >= 15 is 0 Å². The van der Waals surface area contributed by atoms with E-state index in [1.165, 1.54) is 12.1 Å². The Kier molecular flexibility index (Phi) is 4.09. The molecule has 0 aliphatic heterocycles. The van der Waals surface area contributed by atoms with Crippen LogP contribution in [-0.2, 0) is 6.54 Å². The number of carbonyl (C=O) groups is 1. The maximum absolute atomic E-state index is 13.4. The van der Waals surface area contributed by atoms with Crippen LogP contribution in [0.4, 0.5) is 4.39 Å². The van der Waals surface area contributed by atoms with E-state index in [2.05, 4.69) is 15.3 Å². The number of hydrogen-bond acceptors (Lipinski definition) is 4. The number of hydrogen-bond donors (Lipinski definition) is 1. The number of rotatable bonds is 3. The summed E-state index contributed by atoms with van der Waals surface area (Å²) in [6.07, 6.45) is 0. The fourth-order valence-corrected chi connectivity index (χ4v) is 3.39. The molecule has 0 aliphatic carbocycles. The molecule has 3 aromatic rings. The Balaban J connectivity index is 1.90. The predicted molar refractivity (Wildman–Crippen MR) is 89.2 cm³/mol. The van der Waals surface area contributed by atoms with E-state index in [1.807, 2.05) is 13.8 Å². The highest BCUT2D eigenvalue weighted by molar-refractivity contribution is 7.11. The number of halogens is 1. The number of carbonyl (C=O) groups excluding carboxylic acids is 1. The van der Waals surface area contributed by atoms with Crippen molar-refractivity contribution in [2.24, 2.45) is 0 Å². The molecule has 0 aliphatic rings. The van der Waals surface area contributed by atoms with E-state index in [-0.39, 0.29) is 11.7 Å². The van der Waals surface area contributed by atoms with Crippen LogP contribution in [0.5, 0.6) is 0 Å². The van der Waals surface area contributed by atoms with Crippen molar-refractivity contribution in [3.63, 3.8) is 0 Å². The monoisotopic (exact) mass is 329 g/mol. The molecule has 0 atom stereocenters. The van der Waals surface area contributed by atoms with Crippen molar-refractivity contribution in [2.45, 2.75) is 27.3 Å². The summed E-state index contributed by atoms with van der Waals surface area (Å²) in [4.78, 5) is 22.2. The van der Waals surface area contributed by atoms with Crippen LogP contribution >= 0.6 is 11.3 Å². The van der Waals surface area contributed by atoms with Crippen LogP contribution in [-0.4, -0.2) is 15.9 Å². The minimum atomic E-state index is -0.363. The number of thiazole rings is 1. The van der Waals surface area contributed by atoms with Gasteiger partial charge in [0.1, 0.15) is 5.82 Å². The summed E-state index contributed by atoms with van der Waals surface area (Å²) >= 11 is 1.57. The van der Waals surface area contributed by atoms with Gasteiger partial charge < -0.3 is 5.32 Å². The van der Waals surface area contributed by atoms with Gasteiger partial charge in [0.15, 0.2) is 0 Å². The minimum absolute atomic E-state index is 0.197.